The van der Waals surface area contributed by atoms with Gasteiger partial charge in [0.25, 0.3) is 0 Å². The summed E-state index contributed by atoms with van der Waals surface area (Å²) < 4.78 is 0. The Labute approximate surface area is 70.4 Å². The molecule has 3 atom stereocenters. The van der Waals surface area contributed by atoms with Gasteiger partial charge in [0, 0.05) is 0 Å². The minimum atomic E-state index is 0.879. The monoisotopic (exact) mass is 155 g/mol. The Balaban J connectivity index is 2.06. The molecule has 2 N–H and O–H groups in total. The van der Waals surface area contributed by atoms with Crippen LogP contribution in [0, 0.1) is 17.8 Å². The van der Waals surface area contributed by atoms with Gasteiger partial charge >= 0.3 is 0 Å². The predicted molar refractivity (Wildman–Crippen MR) is 49.3 cm³/mol. The van der Waals surface area contributed by atoms with Gasteiger partial charge in [-0.05, 0) is 43.6 Å². The van der Waals surface area contributed by atoms with Crippen LogP contribution in [-0.2, 0) is 0 Å². The third-order valence-electron chi connectivity index (χ3n) is 3.13. The molecule has 1 rings (SSSR count). The van der Waals surface area contributed by atoms with Gasteiger partial charge in [0.1, 0.15) is 0 Å². The van der Waals surface area contributed by atoms with E-state index in [0.717, 1.165) is 24.3 Å². The van der Waals surface area contributed by atoms with E-state index in [1.807, 2.05) is 0 Å². The average molecular weight is 155 g/mol. The molecule has 0 aliphatic heterocycles. The van der Waals surface area contributed by atoms with Crippen LogP contribution in [-0.4, -0.2) is 6.54 Å². The van der Waals surface area contributed by atoms with Crippen molar-refractivity contribution in [3.63, 3.8) is 0 Å². The fourth-order valence-corrected chi connectivity index (χ4v) is 1.98. The largest absolute Gasteiger partial charge is 0.330 e. The second-order valence-electron chi connectivity index (χ2n) is 3.98. The molecular weight excluding hydrogens is 134 g/mol. The van der Waals surface area contributed by atoms with Gasteiger partial charge in [-0.1, -0.05) is 20.3 Å². The molecule has 1 heteroatoms. The summed E-state index contributed by atoms with van der Waals surface area (Å²) in [7, 11) is 0. The van der Waals surface area contributed by atoms with Crippen LogP contribution in [0.3, 0.4) is 0 Å². The zero-order valence-electron chi connectivity index (χ0n) is 7.84. The van der Waals surface area contributed by atoms with E-state index >= 15 is 0 Å². The first-order valence-corrected chi connectivity index (χ1v) is 4.99. The van der Waals surface area contributed by atoms with Crippen LogP contribution in [0.15, 0.2) is 0 Å². The lowest BCUT2D eigenvalue weighted by atomic mass is 10.0. The molecule has 1 unspecified atom stereocenters. The molecule has 0 amide bonds. The molecular formula is C10H21N. The minimum absolute atomic E-state index is 0.879. The van der Waals surface area contributed by atoms with Gasteiger partial charge < -0.3 is 5.73 Å². The molecule has 66 valence electrons. The number of hydrogen-bond donors (Lipinski definition) is 1. The normalized spacial score (nSPS) is 31.9. The standard InChI is InChI=1S/C10H21N/c1-3-8(2)10-7-9(10)5-4-6-11/h8-10H,3-7,11H2,1-2H3/t8-,9?,10-/m0/s1. The van der Waals surface area contributed by atoms with Crippen molar-refractivity contribution in [2.45, 2.75) is 39.5 Å². The lowest BCUT2D eigenvalue weighted by molar-refractivity contribution is 0.448. The molecule has 1 aliphatic rings. The van der Waals surface area contributed by atoms with E-state index in [0.29, 0.717) is 0 Å². The van der Waals surface area contributed by atoms with Gasteiger partial charge in [-0.25, -0.2) is 0 Å². The Hall–Kier alpha value is -0.0400. The van der Waals surface area contributed by atoms with Gasteiger partial charge in [-0.15, -0.1) is 0 Å². The number of nitrogens with two attached hydrogens (primary N) is 1. The van der Waals surface area contributed by atoms with E-state index < -0.39 is 0 Å². The quantitative estimate of drug-likeness (QED) is 0.648. The molecule has 0 aromatic rings. The van der Waals surface area contributed by atoms with Gasteiger partial charge in [0.05, 0.1) is 0 Å². The lowest BCUT2D eigenvalue weighted by Gasteiger charge is -2.06. The molecule has 0 aromatic heterocycles. The summed E-state index contributed by atoms with van der Waals surface area (Å²) >= 11 is 0. The second-order valence-corrected chi connectivity index (χ2v) is 3.98. The summed E-state index contributed by atoms with van der Waals surface area (Å²) in [6.07, 6.45) is 5.45. The summed E-state index contributed by atoms with van der Waals surface area (Å²) in [6, 6.07) is 0. The molecule has 1 aliphatic carbocycles. The highest BCUT2D eigenvalue weighted by Crippen LogP contribution is 2.47. The van der Waals surface area contributed by atoms with Crippen LogP contribution in [0.5, 0.6) is 0 Å². The molecule has 0 radical (unpaired) electrons. The molecule has 1 nitrogen and oxygen atoms in total. The Kier molecular flexibility index (Phi) is 3.38. The predicted octanol–water partition coefficient (Wildman–Crippen LogP) is 2.41. The summed E-state index contributed by atoms with van der Waals surface area (Å²) in [6.45, 7) is 5.56. The first kappa shape index (κ1) is 9.05. The maximum atomic E-state index is 5.46. The zero-order valence-corrected chi connectivity index (χ0v) is 7.84. The van der Waals surface area contributed by atoms with Crippen LogP contribution >= 0.6 is 0 Å². The Bertz CT molecular complexity index is 111. The third kappa shape index (κ3) is 2.48. The van der Waals surface area contributed by atoms with E-state index in [1.54, 1.807) is 0 Å². The van der Waals surface area contributed by atoms with Crippen molar-refractivity contribution in [3.8, 4) is 0 Å². The summed E-state index contributed by atoms with van der Waals surface area (Å²) in [5, 5.41) is 0. The smallest absolute Gasteiger partial charge is 0.00772 e. The van der Waals surface area contributed by atoms with Crippen molar-refractivity contribution >= 4 is 0 Å². The lowest BCUT2D eigenvalue weighted by Crippen LogP contribution is -2.01. The molecule has 0 spiro atoms. The average Bonchev–Trinajstić information content (AvgIpc) is 2.78. The summed E-state index contributed by atoms with van der Waals surface area (Å²) in [5.74, 6) is 3.04. The fraction of sp³-hybridized carbons (Fsp3) is 1.00. The van der Waals surface area contributed by atoms with Crippen molar-refractivity contribution in [2.75, 3.05) is 6.54 Å². The van der Waals surface area contributed by atoms with Crippen LogP contribution in [0.1, 0.15) is 39.5 Å². The SMILES string of the molecule is CC[C@H](C)[C@@H]1CC1CCCN. The Morgan fingerprint density at radius 2 is 2.27 bits per heavy atom. The van der Waals surface area contributed by atoms with Gasteiger partial charge in [-0.2, -0.15) is 0 Å². The van der Waals surface area contributed by atoms with Gasteiger partial charge in [0.2, 0.25) is 0 Å². The second kappa shape index (κ2) is 4.10. The number of rotatable bonds is 5. The maximum absolute atomic E-state index is 5.46. The van der Waals surface area contributed by atoms with Crippen molar-refractivity contribution in [1.82, 2.24) is 0 Å². The minimum Gasteiger partial charge on any atom is -0.330 e. The van der Waals surface area contributed by atoms with E-state index in [1.165, 1.54) is 25.7 Å². The Morgan fingerprint density at radius 1 is 1.55 bits per heavy atom. The van der Waals surface area contributed by atoms with Gasteiger partial charge in [-0.3, -0.25) is 0 Å². The highest BCUT2D eigenvalue weighted by Gasteiger charge is 2.38. The highest BCUT2D eigenvalue weighted by molar-refractivity contribution is 4.88. The van der Waals surface area contributed by atoms with E-state index in [4.69, 9.17) is 5.73 Å². The molecule has 1 saturated carbocycles. The molecule has 0 heterocycles. The van der Waals surface area contributed by atoms with Crippen molar-refractivity contribution in [2.24, 2.45) is 23.5 Å². The molecule has 0 saturated heterocycles. The molecule has 0 aromatic carbocycles. The summed E-state index contributed by atoms with van der Waals surface area (Å²) in [4.78, 5) is 0. The first-order chi connectivity index (χ1) is 5.29. The van der Waals surface area contributed by atoms with Gasteiger partial charge in [0.15, 0.2) is 0 Å². The molecule has 0 bridgehead atoms. The third-order valence-corrected chi connectivity index (χ3v) is 3.13. The fourth-order valence-electron chi connectivity index (χ4n) is 1.98. The van der Waals surface area contributed by atoms with Crippen molar-refractivity contribution in [3.05, 3.63) is 0 Å². The summed E-state index contributed by atoms with van der Waals surface area (Å²) in [5.41, 5.74) is 5.46. The van der Waals surface area contributed by atoms with Crippen LogP contribution in [0.2, 0.25) is 0 Å². The van der Waals surface area contributed by atoms with E-state index in [2.05, 4.69) is 13.8 Å². The maximum Gasteiger partial charge on any atom is -0.00772 e. The van der Waals surface area contributed by atoms with Crippen LogP contribution < -0.4 is 5.73 Å². The van der Waals surface area contributed by atoms with E-state index in [9.17, 15) is 0 Å². The van der Waals surface area contributed by atoms with E-state index in [-0.39, 0.29) is 0 Å². The van der Waals surface area contributed by atoms with Crippen LogP contribution in [0.25, 0.3) is 0 Å². The molecule has 11 heavy (non-hydrogen) atoms. The van der Waals surface area contributed by atoms with Crippen molar-refractivity contribution < 1.29 is 0 Å². The number of hydrogen-bond acceptors (Lipinski definition) is 1. The van der Waals surface area contributed by atoms with Crippen molar-refractivity contribution in [1.29, 1.82) is 0 Å². The van der Waals surface area contributed by atoms with Crippen LogP contribution in [0.4, 0.5) is 0 Å². The highest BCUT2D eigenvalue weighted by atomic mass is 14.5. The topological polar surface area (TPSA) is 26.0 Å². The molecule has 1 fully saturated rings. The Morgan fingerprint density at radius 3 is 2.82 bits per heavy atom. The first-order valence-electron chi connectivity index (χ1n) is 4.99. The zero-order chi connectivity index (χ0) is 8.27.